The number of benzene rings is 1. The molecule has 5 nitrogen and oxygen atoms in total. The first-order valence-corrected chi connectivity index (χ1v) is 8.08. The fraction of sp³-hybridized carbons (Fsp3) is 0.167. The number of nitrogens with zero attached hydrogens (tertiary/aromatic N) is 2. The number of aromatic amines is 1. The molecule has 0 aliphatic heterocycles. The first-order chi connectivity index (χ1) is 11.7. The van der Waals surface area contributed by atoms with Crippen molar-refractivity contribution in [1.82, 2.24) is 15.0 Å². The lowest BCUT2D eigenvalue weighted by atomic mass is 10.1. The molecule has 3 aromatic rings. The van der Waals surface area contributed by atoms with E-state index in [1.165, 1.54) is 11.6 Å². The van der Waals surface area contributed by atoms with Gasteiger partial charge in [0.2, 0.25) is 5.95 Å². The highest BCUT2D eigenvalue weighted by atomic mass is 35.5. The van der Waals surface area contributed by atoms with Crippen LogP contribution >= 0.6 is 11.6 Å². The Labute approximate surface area is 144 Å². The molecule has 0 spiro atoms. The van der Waals surface area contributed by atoms with Gasteiger partial charge in [-0.15, -0.1) is 0 Å². The van der Waals surface area contributed by atoms with Crippen molar-refractivity contribution in [3.63, 3.8) is 0 Å². The molecule has 2 aromatic heterocycles. The van der Waals surface area contributed by atoms with E-state index in [9.17, 15) is 4.79 Å². The topological polar surface area (TPSA) is 70.7 Å². The maximum atomic E-state index is 11.8. The highest BCUT2D eigenvalue weighted by Gasteiger charge is 2.03. The van der Waals surface area contributed by atoms with Crippen LogP contribution in [0.1, 0.15) is 12.0 Å². The van der Waals surface area contributed by atoms with Gasteiger partial charge < -0.3 is 5.32 Å². The quantitative estimate of drug-likeness (QED) is 0.673. The number of hydrogen-bond acceptors (Lipinski definition) is 4. The predicted octanol–water partition coefficient (Wildman–Crippen LogP) is 3.53. The maximum absolute atomic E-state index is 11.8. The van der Waals surface area contributed by atoms with Gasteiger partial charge in [0.15, 0.2) is 0 Å². The third kappa shape index (κ3) is 4.43. The summed E-state index contributed by atoms with van der Waals surface area (Å²) in [6.07, 6.45) is 5.16. The number of aromatic nitrogens is 3. The number of nitrogens with one attached hydrogen (secondary N) is 2. The van der Waals surface area contributed by atoms with Crippen LogP contribution in [-0.2, 0) is 6.42 Å². The van der Waals surface area contributed by atoms with E-state index in [1.54, 1.807) is 12.4 Å². The van der Waals surface area contributed by atoms with Crippen LogP contribution in [0.2, 0.25) is 5.02 Å². The molecule has 0 radical (unpaired) electrons. The molecule has 6 heteroatoms. The van der Waals surface area contributed by atoms with Crippen molar-refractivity contribution in [2.24, 2.45) is 0 Å². The van der Waals surface area contributed by atoms with Crippen LogP contribution in [0.25, 0.3) is 11.3 Å². The molecule has 0 fully saturated rings. The zero-order valence-corrected chi connectivity index (χ0v) is 13.8. The summed E-state index contributed by atoms with van der Waals surface area (Å²) < 4.78 is 0. The van der Waals surface area contributed by atoms with Gasteiger partial charge in [-0.3, -0.25) is 14.8 Å². The van der Waals surface area contributed by atoms with Crippen molar-refractivity contribution >= 4 is 17.5 Å². The Hall–Kier alpha value is -2.66. The first kappa shape index (κ1) is 16.2. The Morgan fingerprint density at radius 2 is 1.96 bits per heavy atom. The van der Waals surface area contributed by atoms with Crippen molar-refractivity contribution in [3.8, 4) is 11.3 Å². The van der Waals surface area contributed by atoms with Crippen molar-refractivity contribution in [2.75, 3.05) is 11.9 Å². The van der Waals surface area contributed by atoms with E-state index in [0.717, 1.165) is 23.4 Å². The van der Waals surface area contributed by atoms with Crippen LogP contribution in [0.3, 0.4) is 0 Å². The van der Waals surface area contributed by atoms with Crippen LogP contribution < -0.4 is 10.9 Å². The third-order valence-corrected chi connectivity index (χ3v) is 3.78. The zero-order valence-electron chi connectivity index (χ0n) is 13.0. The average Bonchev–Trinajstić information content (AvgIpc) is 2.59. The van der Waals surface area contributed by atoms with Crippen LogP contribution in [0, 0.1) is 0 Å². The standard InChI is InChI=1S/C18H17ClN4O/c19-15-5-1-3-13(11-15)4-2-8-21-18-22-16(12-17(24)23-18)14-6-9-20-10-7-14/h1,3,5-7,9-12H,2,4,8H2,(H2,21,22,23,24). The molecule has 0 aliphatic rings. The smallest absolute Gasteiger partial charge is 0.252 e. The van der Waals surface area contributed by atoms with Gasteiger partial charge in [-0.1, -0.05) is 23.7 Å². The van der Waals surface area contributed by atoms with Crippen molar-refractivity contribution in [1.29, 1.82) is 0 Å². The lowest BCUT2D eigenvalue weighted by Gasteiger charge is -2.07. The summed E-state index contributed by atoms with van der Waals surface area (Å²) in [5, 5.41) is 3.91. The number of pyridine rings is 1. The van der Waals surface area contributed by atoms with Crippen LogP contribution in [0.15, 0.2) is 59.7 Å². The van der Waals surface area contributed by atoms with Gasteiger partial charge in [0, 0.05) is 35.6 Å². The molecular weight excluding hydrogens is 324 g/mol. The molecule has 1 aromatic carbocycles. The molecule has 0 saturated carbocycles. The Morgan fingerprint density at radius 1 is 1.12 bits per heavy atom. The molecule has 24 heavy (non-hydrogen) atoms. The maximum Gasteiger partial charge on any atom is 0.252 e. The Balaban J connectivity index is 1.61. The number of H-pyrrole nitrogens is 1. The molecule has 0 unspecified atom stereocenters. The third-order valence-electron chi connectivity index (χ3n) is 3.54. The summed E-state index contributed by atoms with van der Waals surface area (Å²) in [6.45, 7) is 0.704. The normalized spacial score (nSPS) is 10.5. The summed E-state index contributed by atoms with van der Waals surface area (Å²) in [4.78, 5) is 22.9. The molecule has 0 bridgehead atoms. The second-order valence-electron chi connectivity index (χ2n) is 5.38. The first-order valence-electron chi connectivity index (χ1n) is 7.71. The Morgan fingerprint density at radius 3 is 2.75 bits per heavy atom. The van der Waals surface area contributed by atoms with E-state index < -0.39 is 0 Å². The van der Waals surface area contributed by atoms with Gasteiger partial charge in [0.05, 0.1) is 5.69 Å². The van der Waals surface area contributed by atoms with Crippen LogP contribution in [-0.4, -0.2) is 21.5 Å². The summed E-state index contributed by atoms with van der Waals surface area (Å²) in [7, 11) is 0. The predicted molar refractivity (Wildman–Crippen MR) is 96.4 cm³/mol. The second-order valence-corrected chi connectivity index (χ2v) is 5.81. The summed E-state index contributed by atoms with van der Waals surface area (Å²) in [5.74, 6) is 0.473. The molecule has 2 N–H and O–H groups in total. The van der Waals surface area contributed by atoms with Crippen molar-refractivity contribution in [3.05, 3.63) is 75.8 Å². The van der Waals surface area contributed by atoms with E-state index in [0.29, 0.717) is 18.2 Å². The molecule has 0 atom stereocenters. The van der Waals surface area contributed by atoms with E-state index in [-0.39, 0.29) is 5.56 Å². The minimum Gasteiger partial charge on any atom is -0.356 e. The van der Waals surface area contributed by atoms with E-state index in [1.807, 2.05) is 30.3 Å². The molecular formula is C18H17ClN4O. The fourth-order valence-electron chi connectivity index (χ4n) is 2.40. The van der Waals surface area contributed by atoms with Gasteiger partial charge in [0.1, 0.15) is 0 Å². The van der Waals surface area contributed by atoms with E-state index in [4.69, 9.17) is 11.6 Å². The number of halogens is 1. The monoisotopic (exact) mass is 340 g/mol. The number of rotatable bonds is 6. The van der Waals surface area contributed by atoms with Crippen molar-refractivity contribution in [2.45, 2.75) is 12.8 Å². The van der Waals surface area contributed by atoms with Gasteiger partial charge >= 0.3 is 0 Å². The molecule has 122 valence electrons. The highest BCUT2D eigenvalue weighted by Crippen LogP contribution is 2.15. The number of aryl methyl sites for hydroxylation is 1. The minimum absolute atomic E-state index is 0.186. The number of anilines is 1. The molecule has 0 amide bonds. The SMILES string of the molecule is O=c1cc(-c2ccncc2)nc(NCCCc2cccc(Cl)c2)[nH]1. The average molecular weight is 341 g/mol. The lowest BCUT2D eigenvalue weighted by molar-refractivity contribution is 0.852. The van der Waals surface area contributed by atoms with Gasteiger partial charge in [-0.05, 0) is 42.7 Å². The van der Waals surface area contributed by atoms with Gasteiger partial charge in [-0.25, -0.2) is 4.98 Å². The van der Waals surface area contributed by atoms with Crippen LogP contribution in [0.4, 0.5) is 5.95 Å². The van der Waals surface area contributed by atoms with Crippen molar-refractivity contribution < 1.29 is 0 Å². The Bertz CT molecular complexity index is 864. The van der Waals surface area contributed by atoms with E-state index >= 15 is 0 Å². The lowest BCUT2D eigenvalue weighted by Crippen LogP contribution is -2.14. The summed E-state index contributed by atoms with van der Waals surface area (Å²) in [6, 6.07) is 13.0. The largest absolute Gasteiger partial charge is 0.356 e. The second kappa shape index (κ2) is 7.75. The summed E-state index contributed by atoms with van der Waals surface area (Å²) >= 11 is 5.98. The molecule has 0 aliphatic carbocycles. The molecule has 3 rings (SSSR count). The molecule has 0 saturated heterocycles. The van der Waals surface area contributed by atoms with E-state index in [2.05, 4.69) is 26.3 Å². The minimum atomic E-state index is -0.186. The van der Waals surface area contributed by atoms with Gasteiger partial charge in [0.25, 0.3) is 5.56 Å². The Kier molecular flexibility index (Phi) is 5.23. The fourth-order valence-corrected chi connectivity index (χ4v) is 2.62. The molecule has 2 heterocycles. The zero-order chi connectivity index (χ0) is 16.8. The van der Waals surface area contributed by atoms with Gasteiger partial charge in [-0.2, -0.15) is 0 Å². The van der Waals surface area contributed by atoms with Crippen LogP contribution in [0.5, 0.6) is 0 Å². The summed E-state index contributed by atoms with van der Waals surface area (Å²) in [5.41, 5.74) is 2.49. The number of hydrogen-bond donors (Lipinski definition) is 2. The highest BCUT2D eigenvalue weighted by molar-refractivity contribution is 6.30.